The molecule has 0 radical (unpaired) electrons. The smallest absolute Gasteiger partial charge is 0.253 e. The summed E-state index contributed by atoms with van der Waals surface area (Å²) in [5, 5.41) is 0. The molecular weight excluding hydrogens is 238 g/mol. The predicted octanol–water partition coefficient (Wildman–Crippen LogP) is 4.52. The van der Waals surface area contributed by atoms with E-state index in [4.69, 9.17) is 22.5 Å². The summed E-state index contributed by atoms with van der Waals surface area (Å²) in [7, 11) is 0. The van der Waals surface area contributed by atoms with Crippen molar-refractivity contribution in [3.63, 3.8) is 0 Å². The molecule has 78 valence electrons. The minimum atomic E-state index is -2.93. The van der Waals surface area contributed by atoms with Crippen molar-refractivity contribution in [2.45, 2.75) is 20.3 Å². The second kappa shape index (κ2) is 4.70. The van der Waals surface area contributed by atoms with Crippen LogP contribution in [0.2, 0.25) is 0 Å². The predicted molar refractivity (Wildman–Crippen MR) is 63.8 cm³/mol. The first-order chi connectivity index (χ1) is 6.40. The van der Waals surface area contributed by atoms with Crippen LogP contribution in [0.1, 0.15) is 16.7 Å². The summed E-state index contributed by atoms with van der Waals surface area (Å²) < 4.78 is 11.1. The van der Waals surface area contributed by atoms with Gasteiger partial charge < -0.3 is 0 Å². The summed E-state index contributed by atoms with van der Waals surface area (Å²) in [5.41, 5.74) is 3.60. The van der Waals surface area contributed by atoms with E-state index in [2.05, 4.69) is 0 Å². The molecule has 4 heteroatoms. The maximum atomic E-state index is 11.1. The number of hydrogen-bond acceptors (Lipinski definition) is 1. The summed E-state index contributed by atoms with van der Waals surface area (Å²) in [6.07, 6.45) is 1.03. The third-order valence-electron chi connectivity index (χ3n) is 2.27. The second-order valence-corrected chi connectivity index (χ2v) is 8.80. The fourth-order valence-corrected chi connectivity index (χ4v) is 2.48. The Bertz CT molecular complexity index is 350. The SMILES string of the molecule is Cc1cccc(C)c1CCP(=O)(Cl)Cl. The van der Waals surface area contributed by atoms with Crippen molar-refractivity contribution in [1.29, 1.82) is 0 Å². The number of hydrogen-bond donors (Lipinski definition) is 0. The van der Waals surface area contributed by atoms with Gasteiger partial charge >= 0.3 is 0 Å². The normalized spacial score (nSPS) is 11.7. The van der Waals surface area contributed by atoms with Gasteiger partial charge in [0.1, 0.15) is 0 Å². The molecule has 0 N–H and O–H groups in total. The Morgan fingerprint density at radius 2 is 1.71 bits per heavy atom. The Morgan fingerprint density at radius 3 is 2.14 bits per heavy atom. The van der Waals surface area contributed by atoms with Crippen LogP contribution in [-0.4, -0.2) is 6.16 Å². The van der Waals surface area contributed by atoms with Crippen molar-refractivity contribution in [3.05, 3.63) is 34.9 Å². The standard InChI is InChI=1S/C10H13Cl2OP/c1-8-4-3-5-9(2)10(8)6-7-14(11,12)13/h3-5H,6-7H2,1-2H3. The third kappa shape index (κ3) is 3.65. The van der Waals surface area contributed by atoms with Crippen LogP contribution in [0.4, 0.5) is 0 Å². The minimum Gasteiger partial charge on any atom is -0.289 e. The number of halogens is 2. The quantitative estimate of drug-likeness (QED) is 0.722. The summed E-state index contributed by atoms with van der Waals surface area (Å²) in [6.45, 7) is 4.07. The fourth-order valence-electron chi connectivity index (χ4n) is 1.49. The highest BCUT2D eigenvalue weighted by Crippen LogP contribution is 2.56. The third-order valence-corrected chi connectivity index (χ3v) is 4.03. The summed E-state index contributed by atoms with van der Waals surface area (Å²) in [6, 6.07) is 6.08. The Hall–Kier alpha value is 0.0300. The molecule has 0 fully saturated rings. The van der Waals surface area contributed by atoms with Gasteiger partial charge in [0.15, 0.2) is 0 Å². The van der Waals surface area contributed by atoms with Crippen LogP contribution < -0.4 is 0 Å². The molecule has 0 aliphatic rings. The van der Waals surface area contributed by atoms with Gasteiger partial charge in [0.25, 0.3) is 5.85 Å². The van der Waals surface area contributed by atoms with Gasteiger partial charge in [-0.3, -0.25) is 4.57 Å². The van der Waals surface area contributed by atoms with Crippen molar-refractivity contribution >= 4 is 28.3 Å². The van der Waals surface area contributed by atoms with Crippen LogP contribution in [0, 0.1) is 13.8 Å². The van der Waals surface area contributed by atoms with E-state index < -0.39 is 5.85 Å². The van der Waals surface area contributed by atoms with Crippen molar-refractivity contribution in [3.8, 4) is 0 Å². The maximum absolute atomic E-state index is 11.1. The first-order valence-corrected chi connectivity index (χ1v) is 8.14. The van der Waals surface area contributed by atoms with Gasteiger partial charge in [-0.15, -0.1) is 0 Å². The highest BCUT2D eigenvalue weighted by atomic mass is 35.9. The van der Waals surface area contributed by atoms with Gasteiger partial charge in [0.05, 0.1) is 0 Å². The molecule has 0 aliphatic heterocycles. The molecule has 0 atom stereocenters. The first kappa shape index (κ1) is 12.1. The van der Waals surface area contributed by atoms with E-state index in [0.717, 1.165) is 0 Å². The molecule has 1 aromatic rings. The molecule has 1 rings (SSSR count). The topological polar surface area (TPSA) is 17.1 Å². The van der Waals surface area contributed by atoms with E-state index in [1.165, 1.54) is 16.7 Å². The van der Waals surface area contributed by atoms with Crippen LogP contribution in [0.5, 0.6) is 0 Å². The van der Waals surface area contributed by atoms with E-state index in [1.54, 1.807) is 0 Å². The lowest BCUT2D eigenvalue weighted by Gasteiger charge is -2.09. The van der Waals surface area contributed by atoms with E-state index in [0.29, 0.717) is 12.6 Å². The summed E-state index contributed by atoms with van der Waals surface area (Å²) in [5.74, 6) is -2.93. The number of benzene rings is 1. The Morgan fingerprint density at radius 1 is 1.21 bits per heavy atom. The highest BCUT2D eigenvalue weighted by molar-refractivity contribution is 8.08. The van der Waals surface area contributed by atoms with Crippen LogP contribution in [0.25, 0.3) is 0 Å². The fraction of sp³-hybridized carbons (Fsp3) is 0.400. The monoisotopic (exact) mass is 250 g/mol. The number of aryl methyl sites for hydroxylation is 2. The molecule has 0 spiro atoms. The van der Waals surface area contributed by atoms with Gasteiger partial charge in [-0.05, 0) is 59.4 Å². The van der Waals surface area contributed by atoms with Gasteiger partial charge in [0, 0.05) is 6.16 Å². The van der Waals surface area contributed by atoms with Crippen molar-refractivity contribution in [2.24, 2.45) is 0 Å². The lowest BCUT2D eigenvalue weighted by atomic mass is 10.0. The lowest BCUT2D eigenvalue weighted by Crippen LogP contribution is -1.96. The average molecular weight is 251 g/mol. The molecule has 0 heterocycles. The van der Waals surface area contributed by atoms with Gasteiger partial charge in [-0.2, -0.15) is 0 Å². The lowest BCUT2D eigenvalue weighted by molar-refractivity contribution is 0.592. The van der Waals surface area contributed by atoms with Crippen LogP contribution in [-0.2, 0) is 11.0 Å². The number of rotatable bonds is 3. The molecule has 0 bridgehead atoms. The van der Waals surface area contributed by atoms with Crippen LogP contribution in [0.15, 0.2) is 18.2 Å². The molecule has 0 saturated carbocycles. The van der Waals surface area contributed by atoms with Crippen molar-refractivity contribution < 1.29 is 4.57 Å². The van der Waals surface area contributed by atoms with Crippen molar-refractivity contribution in [1.82, 2.24) is 0 Å². The minimum absolute atomic E-state index is 0.349. The zero-order chi connectivity index (χ0) is 10.8. The zero-order valence-corrected chi connectivity index (χ0v) is 10.7. The van der Waals surface area contributed by atoms with E-state index in [-0.39, 0.29) is 0 Å². The molecular formula is C10H13Cl2OP. The molecule has 0 amide bonds. The van der Waals surface area contributed by atoms with Crippen molar-refractivity contribution in [2.75, 3.05) is 6.16 Å². The Kier molecular flexibility index (Phi) is 4.06. The van der Waals surface area contributed by atoms with Gasteiger partial charge in [-0.1, -0.05) is 18.2 Å². The maximum Gasteiger partial charge on any atom is 0.253 e. The summed E-state index contributed by atoms with van der Waals surface area (Å²) >= 11 is 11.0. The average Bonchev–Trinajstić information content (AvgIpc) is 2.01. The van der Waals surface area contributed by atoms with Crippen LogP contribution >= 0.6 is 28.3 Å². The largest absolute Gasteiger partial charge is 0.289 e. The first-order valence-electron chi connectivity index (χ1n) is 4.43. The molecule has 0 aliphatic carbocycles. The molecule has 14 heavy (non-hydrogen) atoms. The second-order valence-electron chi connectivity index (χ2n) is 3.41. The van der Waals surface area contributed by atoms with E-state index >= 15 is 0 Å². The van der Waals surface area contributed by atoms with Gasteiger partial charge in [-0.25, -0.2) is 0 Å². The summed E-state index contributed by atoms with van der Waals surface area (Å²) in [4.78, 5) is 0. The van der Waals surface area contributed by atoms with Gasteiger partial charge in [0.2, 0.25) is 0 Å². The Balaban J connectivity index is 2.82. The highest BCUT2D eigenvalue weighted by Gasteiger charge is 2.14. The zero-order valence-electron chi connectivity index (χ0n) is 8.26. The van der Waals surface area contributed by atoms with Crippen LogP contribution in [0.3, 0.4) is 0 Å². The van der Waals surface area contributed by atoms with E-state index in [1.807, 2.05) is 32.0 Å². The Labute approximate surface area is 94.4 Å². The molecule has 0 unspecified atom stereocenters. The molecule has 0 saturated heterocycles. The molecule has 1 nitrogen and oxygen atoms in total. The molecule has 0 aromatic heterocycles. The van der Waals surface area contributed by atoms with E-state index in [9.17, 15) is 4.57 Å². The molecule has 1 aromatic carbocycles.